The van der Waals surface area contributed by atoms with Crippen LogP contribution in [0.3, 0.4) is 0 Å². The molecule has 5 heteroatoms. The summed E-state index contributed by atoms with van der Waals surface area (Å²) < 4.78 is 0. The number of hydrogen-bond donors (Lipinski definition) is 1. The topological polar surface area (TPSA) is 66.5 Å². The Hall–Kier alpha value is -1.65. The number of urea groups is 1. The molecule has 0 radical (unpaired) electrons. The Labute approximate surface area is 99.8 Å². The van der Waals surface area contributed by atoms with Crippen LogP contribution in [0.1, 0.15) is 25.7 Å². The minimum absolute atomic E-state index is 0.0860. The number of rotatable bonds is 3. The fourth-order valence-corrected chi connectivity index (χ4v) is 2.64. The first kappa shape index (κ1) is 11.8. The van der Waals surface area contributed by atoms with Crippen LogP contribution in [-0.2, 0) is 9.59 Å². The van der Waals surface area contributed by atoms with Crippen molar-refractivity contribution in [1.29, 1.82) is 0 Å². The molecule has 0 aromatic heterocycles. The Bertz CT molecular complexity index is 372. The Kier molecular flexibility index (Phi) is 3.26. The standard InChI is InChI=1S/C12H16N2O3/c1-2-7-14-11(16)9(8-5-3-4-6-8)10(15)13-12(14)17/h2,8-9H,1,3-7H2,(H,13,15,17). The van der Waals surface area contributed by atoms with E-state index in [2.05, 4.69) is 11.9 Å². The van der Waals surface area contributed by atoms with Gasteiger partial charge in [-0.15, -0.1) is 6.58 Å². The van der Waals surface area contributed by atoms with Crippen molar-refractivity contribution in [3.8, 4) is 0 Å². The predicted molar refractivity (Wildman–Crippen MR) is 60.9 cm³/mol. The van der Waals surface area contributed by atoms with E-state index < -0.39 is 17.9 Å². The van der Waals surface area contributed by atoms with E-state index in [1.165, 1.54) is 6.08 Å². The van der Waals surface area contributed by atoms with Gasteiger partial charge in [-0.2, -0.15) is 0 Å². The summed E-state index contributed by atoms with van der Waals surface area (Å²) in [7, 11) is 0. The summed E-state index contributed by atoms with van der Waals surface area (Å²) in [5.41, 5.74) is 0. The zero-order chi connectivity index (χ0) is 12.4. The maximum atomic E-state index is 12.1. The molecule has 0 bridgehead atoms. The fourth-order valence-electron chi connectivity index (χ4n) is 2.64. The highest BCUT2D eigenvalue weighted by Crippen LogP contribution is 2.33. The molecule has 1 aliphatic heterocycles. The van der Waals surface area contributed by atoms with Crippen molar-refractivity contribution in [3.63, 3.8) is 0 Å². The lowest BCUT2D eigenvalue weighted by molar-refractivity contribution is -0.144. The molecule has 1 atom stereocenters. The van der Waals surface area contributed by atoms with E-state index in [0.29, 0.717) is 0 Å². The third-order valence-corrected chi connectivity index (χ3v) is 3.47. The highest BCUT2D eigenvalue weighted by Gasteiger charge is 2.44. The molecule has 0 aromatic rings. The number of carbonyl (C=O) groups excluding carboxylic acids is 3. The number of imide groups is 2. The van der Waals surface area contributed by atoms with Crippen LogP contribution in [0.25, 0.3) is 0 Å². The van der Waals surface area contributed by atoms with Crippen LogP contribution in [0, 0.1) is 11.8 Å². The molecule has 0 aromatic carbocycles. The number of hydrogen-bond acceptors (Lipinski definition) is 3. The summed E-state index contributed by atoms with van der Waals surface area (Å²) in [4.78, 5) is 36.4. The van der Waals surface area contributed by atoms with Gasteiger partial charge in [-0.3, -0.25) is 19.8 Å². The average molecular weight is 236 g/mol. The van der Waals surface area contributed by atoms with Gasteiger partial charge in [0.05, 0.1) is 0 Å². The molecule has 1 heterocycles. The minimum atomic E-state index is -0.685. The molecule has 1 unspecified atom stereocenters. The first-order valence-corrected chi connectivity index (χ1v) is 5.92. The lowest BCUT2D eigenvalue weighted by Crippen LogP contribution is -2.59. The van der Waals surface area contributed by atoms with Crippen LogP contribution >= 0.6 is 0 Å². The van der Waals surface area contributed by atoms with E-state index >= 15 is 0 Å². The van der Waals surface area contributed by atoms with Crippen LogP contribution in [-0.4, -0.2) is 29.3 Å². The maximum absolute atomic E-state index is 12.1. The van der Waals surface area contributed by atoms with Gasteiger partial charge in [0, 0.05) is 6.54 Å². The van der Waals surface area contributed by atoms with Crippen molar-refractivity contribution < 1.29 is 14.4 Å². The number of carbonyl (C=O) groups is 3. The number of amides is 4. The summed E-state index contributed by atoms with van der Waals surface area (Å²) in [6.07, 6.45) is 5.37. The van der Waals surface area contributed by atoms with Gasteiger partial charge in [0.15, 0.2) is 0 Å². The van der Waals surface area contributed by atoms with Crippen LogP contribution < -0.4 is 5.32 Å². The number of nitrogens with one attached hydrogen (secondary N) is 1. The molecule has 1 saturated heterocycles. The molecule has 1 N–H and O–H groups in total. The van der Waals surface area contributed by atoms with Crippen molar-refractivity contribution in [2.45, 2.75) is 25.7 Å². The van der Waals surface area contributed by atoms with Gasteiger partial charge in [0.2, 0.25) is 11.8 Å². The second-order valence-corrected chi connectivity index (χ2v) is 4.55. The maximum Gasteiger partial charge on any atom is 0.331 e. The Morgan fingerprint density at radius 3 is 2.53 bits per heavy atom. The van der Waals surface area contributed by atoms with E-state index in [-0.39, 0.29) is 18.4 Å². The highest BCUT2D eigenvalue weighted by atomic mass is 16.2. The Morgan fingerprint density at radius 2 is 1.94 bits per heavy atom. The molecule has 1 aliphatic carbocycles. The van der Waals surface area contributed by atoms with Crippen molar-refractivity contribution in [2.75, 3.05) is 6.54 Å². The van der Waals surface area contributed by atoms with Gasteiger partial charge < -0.3 is 0 Å². The molecule has 2 fully saturated rings. The van der Waals surface area contributed by atoms with E-state index in [1.54, 1.807) is 0 Å². The van der Waals surface area contributed by atoms with E-state index in [4.69, 9.17) is 0 Å². The van der Waals surface area contributed by atoms with Crippen LogP contribution in [0.2, 0.25) is 0 Å². The normalized spacial score (nSPS) is 26.2. The van der Waals surface area contributed by atoms with Crippen LogP contribution in [0.4, 0.5) is 4.79 Å². The summed E-state index contributed by atoms with van der Waals surface area (Å²) in [5, 5.41) is 2.25. The van der Waals surface area contributed by atoms with Gasteiger partial charge >= 0.3 is 6.03 Å². The molecular formula is C12H16N2O3. The summed E-state index contributed by atoms with van der Waals surface area (Å²) in [5.74, 6) is -1.41. The van der Waals surface area contributed by atoms with E-state index in [1.807, 2.05) is 0 Å². The van der Waals surface area contributed by atoms with Crippen molar-refractivity contribution in [1.82, 2.24) is 10.2 Å². The van der Waals surface area contributed by atoms with E-state index in [9.17, 15) is 14.4 Å². The van der Waals surface area contributed by atoms with Gasteiger partial charge in [-0.25, -0.2) is 4.79 Å². The summed E-state index contributed by atoms with van der Waals surface area (Å²) in [6, 6.07) is -0.630. The molecule has 4 amide bonds. The van der Waals surface area contributed by atoms with Gasteiger partial charge in [-0.05, 0) is 18.8 Å². The molecule has 92 valence electrons. The van der Waals surface area contributed by atoms with Gasteiger partial charge in [0.25, 0.3) is 0 Å². The van der Waals surface area contributed by atoms with Crippen LogP contribution in [0.5, 0.6) is 0 Å². The minimum Gasteiger partial charge on any atom is -0.277 e. The molecule has 0 spiro atoms. The lowest BCUT2D eigenvalue weighted by atomic mass is 9.87. The third-order valence-electron chi connectivity index (χ3n) is 3.47. The average Bonchev–Trinajstić information content (AvgIpc) is 2.77. The highest BCUT2D eigenvalue weighted by molar-refractivity contribution is 6.16. The third kappa shape index (κ3) is 2.09. The van der Waals surface area contributed by atoms with Gasteiger partial charge in [0.1, 0.15) is 5.92 Å². The first-order chi connectivity index (χ1) is 8.15. The molecular weight excluding hydrogens is 220 g/mol. The molecule has 1 saturated carbocycles. The number of barbiturate groups is 1. The fraction of sp³-hybridized carbons (Fsp3) is 0.583. The second-order valence-electron chi connectivity index (χ2n) is 4.55. The van der Waals surface area contributed by atoms with Crippen LogP contribution in [0.15, 0.2) is 12.7 Å². The SMILES string of the molecule is C=CCN1C(=O)NC(=O)C(C2CCCC2)C1=O. The van der Waals surface area contributed by atoms with Crippen molar-refractivity contribution >= 4 is 17.8 Å². The smallest absolute Gasteiger partial charge is 0.277 e. The summed E-state index contributed by atoms with van der Waals surface area (Å²) in [6.45, 7) is 3.66. The Morgan fingerprint density at radius 1 is 1.29 bits per heavy atom. The Balaban J connectivity index is 2.19. The second kappa shape index (κ2) is 4.69. The van der Waals surface area contributed by atoms with E-state index in [0.717, 1.165) is 30.6 Å². The predicted octanol–water partition coefficient (Wildman–Crippen LogP) is 1.06. The lowest BCUT2D eigenvalue weighted by Gasteiger charge is -2.32. The van der Waals surface area contributed by atoms with Gasteiger partial charge in [-0.1, -0.05) is 18.9 Å². The van der Waals surface area contributed by atoms with Crippen molar-refractivity contribution in [2.24, 2.45) is 11.8 Å². The zero-order valence-electron chi connectivity index (χ0n) is 9.65. The molecule has 2 aliphatic rings. The molecule has 2 rings (SSSR count). The quantitative estimate of drug-likeness (QED) is 0.588. The largest absolute Gasteiger partial charge is 0.331 e. The summed E-state index contributed by atoms with van der Waals surface area (Å²) >= 11 is 0. The monoisotopic (exact) mass is 236 g/mol. The molecule has 5 nitrogen and oxygen atoms in total. The zero-order valence-corrected chi connectivity index (χ0v) is 9.65. The molecule has 17 heavy (non-hydrogen) atoms. The van der Waals surface area contributed by atoms with Crippen molar-refractivity contribution in [3.05, 3.63) is 12.7 Å². The first-order valence-electron chi connectivity index (χ1n) is 5.92. The number of nitrogens with zero attached hydrogens (tertiary/aromatic N) is 1.